The van der Waals surface area contributed by atoms with Crippen molar-refractivity contribution in [3.8, 4) is 0 Å². The monoisotopic (exact) mass is 945 g/mol. The second-order valence-electron chi connectivity index (χ2n) is 18.5. The Hall–Kier alpha value is -3.67. The quantitative estimate of drug-likeness (QED) is 0.0262. The standard InChI is InChI=1S/C62H104O6/c1-4-7-10-13-16-19-21-23-25-27-29-30-31-32-34-35-37-39-41-43-46-49-52-55-61(64)67-58-59(57-66-60(63)54-51-48-45-18-15-12-9-6-3)68-62(65)56-53-50-47-44-42-40-38-36-33-28-26-24-22-20-17-14-11-8-5-2/h7,10,16-17,19-20,23-26,29-30,32,34,37,39,59H,4-6,8-9,11-15,18,21-22,27-28,31,33,35-36,38,40-58H2,1-3H3/b10-7-,19-16-,20-17-,25-23-,26-24-,30-29-,34-32-,39-37-. The molecule has 0 aliphatic carbocycles. The number of carbonyl (C=O) groups excluding carboxylic acids is 3. The van der Waals surface area contributed by atoms with Crippen molar-refractivity contribution in [2.45, 2.75) is 264 Å². The van der Waals surface area contributed by atoms with Crippen LogP contribution in [0.15, 0.2) is 97.2 Å². The van der Waals surface area contributed by atoms with Crippen LogP contribution in [0.25, 0.3) is 0 Å². The molecule has 1 unspecified atom stereocenters. The number of ether oxygens (including phenoxy) is 3. The van der Waals surface area contributed by atoms with Crippen molar-refractivity contribution in [1.29, 1.82) is 0 Å². The minimum Gasteiger partial charge on any atom is -0.462 e. The largest absolute Gasteiger partial charge is 0.462 e. The van der Waals surface area contributed by atoms with E-state index in [1.807, 2.05) is 0 Å². The number of unbranched alkanes of at least 4 members (excludes halogenated alkanes) is 23. The van der Waals surface area contributed by atoms with Gasteiger partial charge in [0.25, 0.3) is 0 Å². The Bertz CT molecular complexity index is 1360. The van der Waals surface area contributed by atoms with Crippen LogP contribution >= 0.6 is 0 Å². The molecule has 0 radical (unpaired) electrons. The van der Waals surface area contributed by atoms with E-state index in [0.717, 1.165) is 116 Å². The van der Waals surface area contributed by atoms with Gasteiger partial charge in [-0.1, -0.05) is 234 Å². The third kappa shape index (κ3) is 53.3. The molecule has 68 heavy (non-hydrogen) atoms. The van der Waals surface area contributed by atoms with Crippen LogP contribution < -0.4 is 0 Å². The molecule has 6 heteroatoms. The molecule has 0 aromatic carbocycles. The smallest absolute Gasteiger partial charge is 0.306 e. The van der Waals surface area contributed by atoms with Gasteiger partial charge in [-0.3, -0.25) is 14.4 Å². The first-order valence-electron chi connectivity index (χ1n) is 28.2. The number of carbonyl (C=O) groups is 3. The molecule has 0 aliphatic heterocycles. The molecule has 0 aromatic heterocycles. The fourth-order valence-electron chi connectivity index (χ4n) is 7.59. The highest BCUT2D eigenvalue weighted by Gasteiger charge is 2.19. The molecule has 0 rings (SSSR count). The van der Waals surface area contributed by atoms with Crippen LogP contribution in [-0.2, 0) is 28.6 Å². The fourth-order valence-corrected chi connectivity index (χ4v) is 7.59. The van der Waals surface area contributed by atoms with Crippen LogP contribution in [0.1, 0.15) is 258 Å². The summed E-state index contributed by atoms with van der Waals surface area (Å²) in [4.78, 5) is 38.0. The van der Waals surface area contributed by atoms with Crippen molar-refractivity contribution in [1.82, 2.24) is 0 Å². The SMILES string of the molecule is CC/C=C\C/C=C\C/C=C\C/C=C\C/C=C\C/C=C\CCCCCCC(=O)OCC(COC(=O)CCCCCCCCCC)OC(=O)CCCCCCCCCCC/C=C\C/C=C\CCCCC. The molecule has 1 atom stereocenters. The van der Waals surface area contributed by atoms with Gasteiger partial charge in [0, 0.05) is 19.3 Å². The normalized spacial score (nSPS) is 12.8. The number of hydrogen-bond donors (Lipinski definition) is 0. The third-order valence-electron chi connectivity index (χ3n) is 11.8. The Labute approximate surface area is 419 Å². The first kappa shape index (κ1) is 64.3. The van der Waals surface area contributed by atoms with Crippen LogP contribution in [0.4, 0.5) is 0 Å². The van der Waals surface area contributed by atoms with E-state index in [1.165, 1.54) is 103 Å². The van der Waals surface area contributed by atoms with Crippen molar-refractivity contribution in [3.05, 3.63) is 97.2 Å². The van der Waals surface area contributed by atoms with E-state index < -0.39 is 6.10 Å². The van der Waals surface area contributed by atoms with E-state index in [2.05, 4.69) is 118 Å². The van der Waals surface area contributed by atoms with Crippen molar-refractivity contribution in [3.63, 3.8) is 0 Å². The molecule has 0 saturated carbocycles. The van der Waals surface area contributed by atoms with E-state index in [-0.39, 0.29) is 31.1 Å². The van der Waals surface area contributed by atoms with Gasteiger partial charge in [-0.15, -0.1) is 0 Å². The van der Waals surface area contributed by atoms with Gasteiger partial charge in [-0.05, 0) is 103 Å². The molecule has 0 N–H and O–H groups in total. The minimum atomic E-state index is -0.789. The maximum absolute atomic E-state index is 12.8. The zero-order chi connectivity index (χ0) is 49.3. The lowest BCUT2D eigenvalue weighted by molar-refractivity contribution is -0.167. The Kier molecular flexibility index (Phi) is 52.9. The summed E-state index contributed by atoms with van der Waals surface area (Å²) in [5.74, 6) is -0.920. The first-order valence-corrected chi connectivity index (χ1v) is 28.2. The van der Waals surface area contributed by atoms with Crippen LogP contribution in [0, 0.1) is 0 Å². The lowest BCUT2D eigenvalue weighted by Crippen LogP contribution is -2.30. The average Bonchev–Trinajstić information content (AvgIpc) is 3.34. The van der Waals surface area contributed by atoms with E-state index in [1.54, 1.807) is 0 Å². The highest BCUT2D eigenvalue weighted by Crippen LogP contribution is 2.14. The summed E-state index contributed by atoms with van der Waals surface area (Å²) in [6.45, 7) is 6.45. The Morgan fingerprint density at radius 1 is 0.309 bits per heavy atom. The third-order valence-corrected chi connectivity index (χ3v) is 11.8. The van der Waals surface area contributed by atoms with Crippen LogP contribution in [0.2, 0.25) is 0 Å². The summed E-state index contributed by atoms with van der Waals surface area (Å²) < 4.78 is 16.8. The Morgan fingerprint density at radius 2 is 0.574 bits per heavy atom. The first-order chi connectivity index (χ1) is 33.5. The Balaban J connectivity index is 4.32. The van der Waals surface area contributed by atoms with Crippen molar-refractivity contribution < 1.29 is 28.6 Å². The average molecular weight is 946 g/mol. The Morgan fingerprint density at radius 3 is 0.926 bits per heavy atom. The predicted octanol–water partition coefficient (Wildman–Crippen LogP) is 18.9. The van der Waals surface area contributed by atoms with Gasteiger partial charge >= 0.3 is 17.9 Å². The van der Waals surface area contributed by atoms with Crippen LogP contribution in [-0.4, -0.2) is 37.2 Å². The maximum atomic E-state index is 12.8. The molecule has 6 nitrogen and oxygen atoms in total. The highest BCUT2D eigenvalue weighted by molar-refractivity contribution is 5.71. The van der Waals surface area contributed by atoms with Gasteiger partial charge in [0.05, 0.1) is 0 Å². The van der Waals surface area contributed by atoms with Gasteiger partial charge in [0.15, 0.2) is 6.10 Å². The van der Waals surface area contributed by atoms with E-state index >= 15 is 0 Å². The highest BCUT2D eigenvalue weighted by atomic mass is 16.6. The van der Waals surface area contributed by atoms with Gasteiger partial charge in [-0.2, -0.15) is 0 Å². The molecule has 388 valence electrons. The second-order valence-corrected chi connectivity index (χ2v) is 18.5. The van der Waals surface area contributed by atoms with Crippen LogP contribution in [0.5, 0.6) is 0 Å². The number of allylic oxidation sites excluding steroid dienone is 16. The predicted molar refractivity (Wildman–Crippen MR) is 293 cm³/mol. The summed E-state index contributed by atoms with van der Waals surface area (Å²) in [5.41, 5.74) is 0. The molecule has 0 heterocycles. The second kappa shape index (κ2) is 55.9. The summed E-state index contributed by atoms with van der Waals surface area (Å²) in [6, 6.07) is 0. The zero-order valence-corrected chi connectivity index (χ0v) is 44.3. The molecule has 0 aromatic rings. The van der Waals surface area contributed by atoms with Gasteiger partial charge < -0.3 is 14.2 Å². The van der Waals surface area contributed by atoms with E-state index in [0.29, 0.717) is 19.3 Å². The summed E-state index contributed by atoms with van der Waals surface area (Å²) in [5, 5.41) is 0. The van der Waals surface area contributed by atoms with Gasteiger partial charge in [0.2, 0.25) is 0 Å². The number of rotatable bonds is 50. The topological polar surface area (TPSA) is 78.9 Å². The number of hydrogen-bond acceptors (Lipinski definition) is 6. The van der Waals surface area contributed by atoms with Crippen LogP contribution in [0.3, 0.4) is 0 Å². The lowest BCUT2D eigenvalue weighted by Gasteiger charge is -2.18. The lowest BCUT2D eigenvalue weighted by atomic mass is 10.1. The van der Waals surface area contributed by atoms with E-state index in [9.17, 15) is 14.4 Å². The molecular formula is C62H104O6. The minimum absolute atomic E-state index is 0.0870. The van der Waals surface area contributed by atoms with Gasteiger partial charge in [-0.25, -0.2) is 0 Å². The molecule has 0 fully saturated rings. The van der Waals surface area contributed by atoms with E-state index in [4.69, 9.17) is 14.2 Å². The molecule has 0 saturated heterocycles. The fraction of sp³-hybridized carbons (Fsp3) is 0.694. The summed E-state index contributed by atoms with van der Waals surface area (Å²) >= 11 is 0. The molecule has 0 bridgehead atoms. The molecule has 0 aliphatic rings. The summed E-state index contributed by atoms with van der Waals surface area (Å²) in [6.07, 6.45) is 74.0. The number of esters is 3. The zero-order valence-electron chi connectivity index (χ0n) is 44.3. The van der Waals surface area contributed by atoms with Crippen molar-refractivity contribution in [2.75, 3.05) is 13.2 Å². The molecule has 0 spiro atoms. The van der Waals surface area contributed by atoms with Crippen molar-refractivity contribution >= 4 is 17.9 Å². The molecular weight excluding hydrogens is 841 g/mol. The van der Waals surface area contributed by atoms with Gasteiger partial charge in [0.1, 0.15) is 13.2 Å². The summed E-state index contributed by atoms with van der Waals surface area (Å²) in [7, 11) is 0. The molecule has 0 amide bonds. The maximum Gasteiger partial charge on any atom is 0.306 e. The van der Waals surface area contributed by atoms with Crippen molar-refractivity contribution in [2.24, 2.45) is 0 Å².